The molecule has 73 heavy (non-hydrogen) atoms. The first-order valence-electron chi connectivity index (χ1n) is 32.1. The molecule has 0 heterocycles. The lowest BCUT2D eigenvalue weighted by atomic mass is 10.0. The van der Waals surface area contributed by atoms with Crippen molar-refractivity contribution in [2.45, 2.75) is 348 Å². The van der Waals surface area contributed by atoms with E-state index in [0.29, 0.717) is 19.3 Å². The molecule has 0 aliphatic rings. The molecule has 0 amide bonds. The summed E-state index contributed by atoms with van der Waals surface area (Å²) in [7, 11) is 0. The van der Waals surface area contributed by atoms with E-state index in [2.05, 4.69) is 69.4 Å². The molecule has 426 valence electrons. The van der Waals surface area contributed by atoms with Crippen LogP contribution in [0.5, 0.6) is 0 Å². The van der Waals surface area contributed by atoms with E-state index in [4.69, 9.17) is 14.2 Å². The topological polar surface area (TPSA) is 78.9 Å². The molecule has 0 spiro atoms. The highest BCUT2D eigenvalue weighted by Crippen LogP contribution is 2.18. The highest BCUT2D eigenvalue weighted by Gasteiger charge is 2.19. The zero-order valence-corrected chi connectivity index (χ0v) is 48.9. The van der Waals surface area contributed by atoms with E-state index in [1.807, 2.05) is 0 Å². The Bertz CT molecular complexity index is 1270. The molecule has 0 aromatic heterocycles. The van der Waals surface area contributed by atoms with E-state index in [-0.39, 0.29) is 31.1 Å². The van der Waals surface area contributed by atoms with Crippen molar-refractivity contribution in [2.24, 2.45) is 0 Å². The first kappa shape index (κ1) is 70.4. The normalized spacial score (nSPS) is 12.3. The fraction of sp³-hybridized carbons (Fsp3) is 0.836. The van der Waals surface area contributed by atoms with Crippen molar-refractivity contribution in [2.75, 3.05) is 13.2 Å². The highest BCUT2D eigenvalue weighted by molar-refractivity contribution is 5.71. The summed E-state index contributed by atoms with van der Waals surface area (Å²) in [5, 5.41) is 0. The number of ether oxygens (including phenoxy) is 3. The predicted molar refractivity (Wildman–Crippen MR) is 316 cm³/mol. The van der Waals surface area contributed by atoms with Crippen LogP contribution in [0.4, 0.5) is 0 Å². The quantitative estimate of drug-likeness (QED) is 0.0261. The minimum absolute atomic E-state index is 0.0663. The lowest BCUT2D eigenvalue weighted by Gasteiger charge is -2.18. The largest absolute Gasteiger partial charge is 0.462 e. The zero-order valence-electron chi connectivity index (χ0n) is 48.9. The Labute approximate surface area is 454 Å². The summed E-state index contributed by atoms with van der Waals surface area (Å²) in [6, 6.07) is 0. The van der Waals surface area contributed by atoms with Crippen molar-refractivity contribution in [3.05, 3.63) is 48.6 Å². The average Bonchev–Trinajstić information content (AvgIpc) is 3.39. The Kier molecular flexibility index (Phi) is 59.7. The Morgan fingerprint density at radius 3 is 0.836 bits per heavy atom. The van der Waals surface area contributed by atoms with E-state index in [9.17, 15) is 14.4 Å². The number of hydrogen-bond acceptors (Lipinski definition) is 6. The first-order chi connectivity index (χ1) is 36.0. The number of rotatable bonds is 59. The van der Waals surface area contributed by atoms with Crippen LogP contribution in [0.3, 0.4) is 0 Å². The molecule has 0 radical (unpaired) electrons. The van der Waals surface area contributed by atoms with Gasteiger partial charge in [0.15, 0.2) is 6.10 Å². The highest BCUT2D eigenvalue weighted by atomic mass is 16.6. The third-order valence-electron chi connectivity index (χ3n) is 14.3. The van der Waals surface area contributed by atoms with Crippen LogP contribution in [0, 0.1) is 0 Å². The first-order valence-corrected chi connectivity index (χ1v) is 32.1. The molecule has 0 aliphatic heterocycles. The smallest absolute Gasteiger partial charge is 0.306 e. The number of esters is 3. The lowest BCUT2D eigenvalue weighted by molar-refractivity contribution is -0.167. The van der Waals surface area contributed by atoms with Gasteiger partial charge >= 0.3 is 17.9 Å². The van der Waals surface area contributed by atoms with Crippen LogP contribution in [0.1, 0.15) is 342 Å². The molecule has 0 bridgehead atoms. The minimum Gasteiger partial charge on any atom is -0.462 e. The second kappa shape index (κ2) is 61.9. The number of unbranched alkanes of at least 4 members (excludes halogenated alkanes) is 40. The van der Waals surface area contributed by atoms with Gasteiger partial charge in [-0.1, -0.05) is 313 Å². The number of carbonyl (C=O) groups is 3. The number of carbonyl (C=O) groups excluding carboxylic acids is 3. The zero-order chi connectivity index (χ0) is 52.9. The average molecular weight is 1020 g/mol. The van der Waals surface area contributed by atoms with Crippen LogP contribution >= 0.6 is 0 Å². The Hall–Kier alpha value is -2.63. The van der Waals surface area contributed by atoms with Gasteiger partial charge in [-0.25, -0.2) is 0 Å². The van der Waals surface area contributed by atoms with Crippen molar-refractivity contribution in [1.82, 2.24) is 0 Å². The standard InChI is InChI=1S/C67H122O6/c1-4-7-10-13-16-19-21-23-25-27-28-29-30-31-32-33-34-35-36-37-38-39-40-41-43-44-46-48-51-54-57-60-66(69)72-63-64(62-71-65(68)59-56-53-50-18-15-12-9-6-3)73-67(70)61-58-55-52-49-47-45-42-26-24-22-20-17-14-11-8-5-2/h7,10,16,19,23,25,28-29,64H,4-6,8-9,11-15,17-18,20-22,24,26-27,30-63H2,1-3H3/b10-7-,19-16-,25-23-,29-28-. The fourth-order valence-electron chi connectivity index (χ4n) is 9.56. The Balaban J connectivity index is 4.03. The number of hydrogen-bond donors (Lipinski definition) is 0. The van der Waals surface area contributed by atoms with Crippen LogP contribution in [0.15, 0.2) is 48.6 Å². The van der Waals surface area contributed by atoms with Crippen LogP contribution < -0.4 is 0 Å². The SMILES string of the molecule is CC/C=C\C/C=C\C/C=C\C/C=C\CCCCCCCCCCCCCCCCCCCCC(=O)OCC(COC(=O)CCCCCCCCCC)OC(=O)CCCCCCCCCCCCCCCCCC. The maximum atomic E-state index is 12.8. The van der Waals surface area contributed by atoms with Crippen molar-refractivity contribution in [3.8, 4) is 0 Å². The van der Waals surface area contributed by atoms with Gasteiger partial charge < -0.3 is 14.2 Å². The van der Waals surface area contributed by atoms with Crippen LogP contribution in [0.2, 0.25) is 0 Å². The molecule has 0 saturated carbocycles. The monoisotopic (exact) mass is 1020 g/mol. The third-order valence-corrected chi connectivity index (χ3v) is 14.3. The van der Waals surface area contributed by atoms with Gasteiger partial charge in [-0.05, 0) is 57.8 Å². The Morgan fingerprint density at radius 1 is 0.288 bits per heavy atom. The van der Waals surface area contributed by atoms with Crippen LogP contribution in [-0.2, 0) is 28.6 Å². The van der Waals surface area contributed by atoms with Gasteiger partial charge in [-0.15, -0.1) is 0 Å². The fourth-order valence-corrected chi connectivity index (χ4v) is 9.56. The van der Waals surface area contributed by atoms with Gasteiger partial charge in [0.2, 0.25) is 0 Å². The van der Waals surface area contributed by atoms with Crippen molar-refractivity contribution >= 4 is 17.9 Å². The summed E-state index contributed by atoms with van der Waals surface area (Å²) in [6.45, 7) is 6.55. The van der Waals surface area contributed by atoms with Gasteiger partial charge in [0, 0.05) is 19.3 Å². The van der Waals surface area contributed by atoms with Gasteiger partial charge in [-0.3, -0.25) is 14.4 Å². The van der Waals surface area contributed by atoms with Crippen LogP contribution in [0.25, 0.3) is 0 Å². The molecular weight excluding hydrogens is 901 g/mol. The van der Waals surface area contributed by atoms with E-state index >= 15 is 0 Å². The molecule has 1 atom stereocenters. The van der Waals surface area contributed by atoms with Gasteiger partial charge in [-0.2, -0.15) is 0 Å². The van der Waals surface area contributed by atoms with E-state index in [0.717, 1.165) is 83.5 Å². The molecule has 0 saturated heterocycles. The van der Waals surface area contributed by atoms with Crippen molar-refractivity contribution in [3.63, 3.8) is 0 Å². The summed E-state index contributed by atoms with van der Waals surface area (Å²) in [6.07, 6.45) is 77.2. The molecule has 6 nitrogen and oxygen atoms in total. The van der Waals surface area contributed by atoms with Gasteiger partial charge in [0.05, 0.1) is 0 Å². The molecule has 0 rings (SSSR count). The second-order valence-electron chi connectivity index (χ2n) is 21.7. The van der Waals surface area contributed by atoms with E-state index < -0.39 is 6.10 Å². The van der Waals surface area contributed by atoms with Gasteiger partial charge in [0.1, 0.15) is 13.2 Å². The Morgan fingerprint density at radius 2 is 0.534 bits per heavy atom. The summed E-state index contributed by atoms with van der Waals surface area (Å²) in [5.74, 6) is -0.848. The molecule has 0 N–H and O–H groups in total. The van der Waals surface area contributed by atoms with Gasteiger partial charge in [0.25, 0.3) is 0 Å². The third kappa shape index (κ3) is 60.1. The molecular formula is C67H122O6. The number of allylic oxidation sites excluding steroid dienone is 8. The minimum atomic E-state index is -0.765. The summed E-state index contributed by atoms with van der Waals surface area (Å²) < 4.78 is 16.9. The predicted octanol–water partition coefficient (Wildman–Crippen LogP) is 21.8. The van der Waals surface area contributed by atoms with Crippen LogP contribution in [-0.4, -0.2) is 37.2 Å². The second-order valence-corrected chi connectivity index (χ2v) is 21.7. The summed E-state index contributed by atoms with van der Waals surface area (Å²) in [5.41, 5.74) is 0. The van der Waals surface area contributed by atoms with Crippen molar-refractivity contribution < 1.29 is 28.6 Å². The maximum absolute atomic E-state index is 12.8. The summed E-state index contributed by atoms with van der Waals surface area (Å²) >= 11 is 0. The molecule has 0 aliphatic carbocycles. The molecule has 6 heteroatoms. The lowest BCUT2D eigenvalue weighted by Crippen LogP contribution is -2.30. The summed E-state index contributed by atoms with van der Waals surface area (Å²) in [4.78, 5) is 38.1. The molecule has 1 unspecified atom stereocenters. The maximum Gasteiger partial charge on any atom is 0.306 e. The van der Waals surface area contributed by atoms with E-state index in [1.54, 1.807) is 0 Å². The van der Waals surface area contributed by atoms with Crippen molar-refractivity contribution in [1.29, 1.82) is 0 Å². The molecule has 0 fully saturated rings. The molecule has 0 aromatic carbocycles. The molecule has 0 aromatic rings. The van der Waals surface area contributed by atoms with E-state index in [1.165, 1.54) is 218 Å².